The average molecular weight is 261 g/mol. The summed E-state index contributed by atoms with van der Waals surface area (Å²) in [4.78, 5) is 5.99. The minimum Gasteiger partial charge on any atom is -0.261 e. The molecule has 2 heterocycles. The van der Waals surface area contributed by atoms with Crippen LogP contribution >= 0.6 is 22.6 Å². The van der Waals surface area contributed by atoms with Gasteiger partial charge in [-0.15, -0.1) is 0 Å². The van der Waals surface area contributed by atoms with Gasteiger partial charge in [0.05, 0.1) is 6.20 Å². The minimum absolute atomic E-state index is 0.845. The van der Waals surface area contributed by atoms with Gasteiger partial charge < -0.3 is 0 Å². The Balaban J connectivity index is 0.000000281. The van der Waals surface area contributed by atoms with Crippen molar-refractivity contribution < 1.29 is 0 Å². The molecule has 0 aromatic carbocycles. The topological polar surface area (TPSA) is 41.6 Å². The minimum atomic E-state index is 0.845. The molecule has 4 heteroatoms. The number of pyridine rings is 1. The third-order valence-corrected chi connectivity index (χ3v) is 1.21. The highest BCUT2D eigenvalue weighted by atomic mass is 127. The molecule has 0 radical (unpaired) electrons. The van der Waals surface area contributed by atoms with Crippen LogP contribution in [0.3, 0.4) is 0 Å². The van der Waals surface area contributed by atoms with Gasteiger partial charge in [0, 0.05) is 11.6 Å². The second-order valence-electron chi connectivity index (χ2n) is 1.81. The predicted octanol–water partition coefficient (Wildman–Crippen LogP) is 2.01. The first-order chi connectivity index (χ1) is 5.47. The first-order valence-corrected chi connectivity index (χ1v) is 5.24. The van der Waals surface area contributed by atoms with Gasteiger partial charge in [-0.25, -0.2) is 4.98 Å². The van der Waals surface area contributed by atoms with Crippen molar-refractivity contribution in [3.8, 4) is 0 Å². The smallest absolute Gasteiger partial charge is 0.155 e. The molecule has 0 aliphatic carbocycles. The van der Waals surface area contributed by atoms with Gasteiger partial charge in [-0.1, -0.05) is 22.6 Å². The molecule has 58 valence electrons. The van der Waals surface area contributed by atoms with E-state index in [9.17, 15) is 0 Å². The highest BCUT2D eigenvalue weighted by Gasteiger charge is 1.89. The van der Waals surface area contributed by atoms with Crippen LogP contribution in [0.5, 0.6) is 0 Å². The molecule has 0 saturated carbocycles. The molecule has 0 aliphatic rings. The molecule has 0 aliphatic heterocycles. The lowest BCUT2D eigenvalue weighted by molar-refractivity contribution is 1.10. The lowest BCUT2D eigenvalue weighted by Crippen LogP contribution is -1.71. The highest BCUT2D eigenvalue weighted by Crippen LogP contribution is 2.03. The molecular formula is C7H8IN3. The second kappa shape index (κ2) is 4.27. The van der Waals surface area contributed by atoms with E-state index >= 15 is 0 Å². The van der Waals surface area contributed by atoms with Gasteiger partial charge in [0.15, 0.2) is 5.65 Å². The Kier molecular flexibility index (Phi) is 3.28. The number of halogens is 1. The number of nitrogens with zero attached hydrogens (tertiary/aromatic N) is 2. The van der Waals surface area contributed by atoms with E-state index in [1.165, 1.54) is 0 Å². The van der Waals surface area contributed by atoms with Crippen molar-refractivity contribution in [1.29, 1.82) is 0 Å². The van der Waals surface area contributed by atoms with Crippen molar-refractivity contribution in [2.75, 3.05) is 4.93 Å². The maximum absolute atomic E-state index is 4.02. The van der Waals surface area contributed by atoms with Crippen molar-refractivity contribution in [3.05, 3.63) is 24.5 Å². The molecule has 0 saturated heterocycles. The number of aromatic nitrogens is 3. The number of rotatable bonds is 0. The Morgan fingerprint density at radius 1 is 1.45 bits per heavy atom. The summed E-state index contributed by atoms with van der Waals surface area (Å²) in [7, 11) is 0. The van der Waals surface area contributed by atoms with E-state index in [2.05, 4.69) is 37.8 Å². The lowest BCUT2D eigenvalue weighted by atomic mass is 10.4. The maximum Gasteiger partial charge on any atom is 0.155 e. The van der Waals surface area contributed by atoms with Crippen LogP contribution in [0.15, 0.2) is 24.5 Å². The SMILES string of the molecule is CI.c1cnc2[nH]ncc2c1. The fourth-order valence-electron chi connectivity index (χ4n) is 0.778. The molecule has 1 N–H and O–H groups in total. The Morgan fingerprint density at radius 2 is 2.27 bits per heavy atom. The number of hydrogen-bond acceptors (Lipinski definition) is 2. The zero-order chi connectivity index (χ0) is 8.10. The van der Waals surface area contributed by atoms with Crippen LogP contribution in [0.2, 0.25) is 0 Å². The number of H-pyrrole nitrogens is 1. The lowest BCUT2D eigenvalue weighted by Gasteiger charge is -1.80. The maximum atomic E-state index is 4.02. The monoisotopic (exact) mass is 261 g/mol. The number of nitrogens with one attached hydrogen (secondary N) is 1. The van der Waals surface area contributed by atoms with E-state index < -0.39 is 0 Å². The summed E-state index contributed by atoms with van der Waals surface area (Å²) >= 11 is 2.15. The van der Waals surface area contributed by atoms with Gasteiger partial charge in [0.25, 0.3) is 0 Å². The third-order valence-electron chi connectivity index (χ3n) is 1.21. The molecule has 0 spiro atoms. The predicted molar refractivity (Wildman–Crippen MR) is 53.8 cm³/mol. The van der Waals surface area contributed by atoms with Crippen molar-refractivity contribution in [3.63, 3.8) is 0 Å². The van der Waals surface area contributed by atoms with Gasteiger partial charge in [0.1, 0.15) is 0 Å². The highest BCUT2D eigenvalue weighted by molar-refractivity contribution is 14.1. The van der Waals surface area contributed by atoms with Gasteiger partial charge >= 0.3 is 0 Å². The summed E-state index contributed by atoms with van der Waals surface area (Å²) in [6.45, 7) is 0. The van der Waals surface area contributed by atoms with Crippen molar-refractivity contribution >= 4 is 33.6 Å². The molecular weight excluding hydrogens is 253 g/mol. The Morgan fingerprint density at radius 3 is 3.00 bits per heavy atom. The number of hydrogen-bond donors (Lipinski definition) is 1. The molecule has 2 aromatic rings. The van der Waals surface area contributed by atoms with Gasteiger partial charge in [0.2, 0.25) is 0 Å². The zero-order valence-corrected chi connectivity index (χ0v) is 8.24. The zero-order valence-electron chi connectivity index (χ0n) is 6.08. The summed E-state index contributed by atoms with van der Waals surface area (Å²) in [6, 6.07) is 3.85. The summed E-state index contributed by atoms with van der Waals surface area (Å²) in [5.74, 6) is 0. The number of fused-ring (bicyclic) bond motifs is 1. The second-order valence-corrected chi connectivity index (χ2v) is 1.81. The Bertz CT molecular complexity index is 288. The molecule has 0 fully saturated rings. The fourth-order valence-corrected chi connectivity index (χ4v) is 0.778. The van der Waals surface area contributed by atoms with Crippen molar-refractivity contribution in [2.45, 2.75) is 0 Å². The average Bonchev–Trinajstić information content (AvgIpc) is 2.55. The standard InChI is InChI=1S/C6H5N3.CH3I/c1-2-5-4-8-9-6(5)7-3-1;1-2/h1-4H,(H,7,8,9);1H3. The van der Waals surface area contributed by atoms with E-state index in [-0.39, 0.29) is 0 Å². The molecule has 0 amide bonds. The summed E-state index contributed by atoms with van der Waals surface area (Å²) in [6.07, 6.45) is 3.49. The fraction of sp³-hybridized carbons (Fsp3) is 0.143. The quantitative estimate of drug-likeness (QED) is 0.582. The van der Waals surface area contributed by atoms with Crippen LogP contribution in [0, 0.1) is 0 Å². The van der Waals surface area contributed by atoms with E-state index in [1.807, 2.05) is 17.1 Å². The summed E-state index contributed by atoms with van der Waals surface area (Å²) < 4.78 is 0. The van der Waals surface area contributed by atoms with Crippen molar-refractivity contribution in [1.82, 2.24) is 15.2 Å². The molecule has 2 rings (SSSR count). The third kappa shape index (κ3) is 1.89. The molecule has 2 aromatic heterocycles. The van der Waals surface area contributed by atoms with Gasteiger partial charge in [-0.2, -0.15) is 5.10 Å². The van der Waals surface area contributed by atoms with Crippen LogP contribution in [0.25, 0.3) is 11.0 Å². The normalized spacial score (nSPS) is 8.91. The first kappa shape index (κ1) is 8.45. The molecule has 0 unspecified atom stereocenters. The van der Waals surface area contributed by atoms with Crippen LogP contribution < -0.4 is 0 Å². The molecule has 3 nitrogen and oxygen atoms in total. The molecule has 11 heavy (non-hydrogen) atoms. The summed E-state index contributed by atoms with van der Waals surface area (Å²) in [5, 5.41) is 7.63. The van der Waals surface area contributed by atoms with E-state index in [4.69, 9.17) is 0 Å². The van der Waals surface area contributed by atoms with E-state index in [0.29, 0.717) is 0 Å². The van der Waals surface area contributed by atoms with Gasteiger partial charge in [-0.05, 0) is 17.1 Å². The van der Waals surface area contributed by atoms with Crippen LogP contribution in [-0.2, 0) is 0 Å². The van der Waals surface area contributed by atoms with Crippen LogP contribution in [-0.4, -0.2) is 20.1 Å². The largest absolute Gasteiger partial charge is 0.261 e. The molecule has 0 atom stereocenters. The molecule has 0 bridgehead atoms. The number of alkyl halides is 1. The van der Waals surface area contributed by atoms with E-state index in [1.54, 1.807) is 12.4 Å². The van der Waals surface area contributed by atoms with Crippen LogP contribution in [0.4, 0.5) is 0 Å². The van der Waals surface area contributed by atoms with Crippen molar-refractivity contribution in [2.24, 2.45) is 0 Å². The Labute approximate surface area is 78.4 Å². The summed E-state index contributed by atoms with van der Waals surface area (Å²) in [5.41, 5.74) is 0.845. The first-order valence-electron chi connectivity index (χ1n) is 3.09. The number of aromatic amines is 1. The van der Waals surface area contributed by atoms with Gasteiger partial charge in [-0.3, -0.25) is 5.10 Å². The van der Waals surface area contributed by atoms with Crippen LogP contribution in [0.1, 0.15) is 0 Å². The van der Waals surface area contributed by atoms with E-state index in [0.717, 1.165) is 11.0 Å². The Hall–Kier alpha value is -0.650.